The van der Waals surface area contributed by atoms with Crippen LogP contribution in [0.1, 0.15) is 38.7 Å². The average Bonchev–Trinajstić information content (AvgIpc) is 2.26. The molecule has 0 amide bonds. The zero-order chi connectivity index (χ0) is 12.5. The van der Waals surface area contributed by atoms with Gasteiger partial charge >= 0.3 is 0 Å². The fourth-order valence-corrected chi connectivity index (χ4v) is 3.21. The summed E-state index contributed by atoms with van der Waals surface area (Å²) >= 11 is 3.49. The van der Waals surface area contributed by atoms with Crippen LogP contribution in [-0.4, -0.2) is 0 Å². The van der Waals surface area contributed by atoms with Gasteiger partial charge in [-0.05, 0) is 54.7 Å². The van der Waals surface area contributed by atoms with Crippen molar-refractivity contribution in [2.24, 2.45) is 11.3 Å². The van der Waals surface area contributed by atoms with Crippen molar-refractivity contribution in [1.29, 1.82) is 0 Å². The van der Waals surface area contributed by atoms with Gasteiger partial charge in [-0.2, -0.15) is 0 Å². The van der Waals surface area contributed by atoms with Crippen LogP contribution in [0.4, 0.5) is 0 Å². The Morgan fingerprint density at radius 1 is 1.29 bits per heavy atom. The molecule has 1 atom stereocenters. The third-order valence-electron chi connectivity index (χ3n) is 4.11. The normalized spacial score (nSPS) is 23.7. The van der Waals surface area contributed by atoms with Crippen molar-refractivity contribution in [2.45, 2.75) is 39.5 Å². The Bertz CT molecular complexity index is 400. The molecule has 1 aromatic carbocycles. The lowest BCUT2D eigenvalue weighted by atomic mass is 9.65. The first kappa shape index (κ1) is 12.9. The van der Waals surface area contributed by atoms with E-state index in [9.17, 15) is 0 Å². The summed E-state index contributed by atoms with van der Waals surface area (Å²) < 4.78 is 1.16. The molecule has 1 aliphatic carbocycles. The Kier molecular flexibility index (Phi) is 3.77. The van der Waals surface area contributed by atoms with E-state index in [0.29, 0.717) is 11.3 Å². The Labute approximate surface area is 113 Å². The van der Waals surface area contributed by atoms with Gasteiger partial charge in [0.1, 0.15) is 0 Å². The van der Waals surface area contributed by atoms with Crippen molar-refractivity contribution in [2.75, 3.05) is 0 Å². The molecule has 0 nitrogen and oxygen atoms in total. The fraction of sp³-hybridized carbons (Fsp3) is 0.500. The lowest BCUT2D eigenvalue weighted by molar-refractivity contribution is 0.189. The van der Waals surface area contributed by atoms with E-state index in [1.165, 1.54) is 30.4 Å². The van der Waals surface area contributed by atoms with Gasteiger partial charge in [-0.25, -0.2) is 0 Å². The highest BCUT2D eigenvalue weighted by molar-refractivity contribution is 9.10. The molecule has 2 rings (SSSR count). The van der Waals surface area contributed by atoms with Crippen molar-refractivity contribution in [3.05, 3.63) is 46.5 Å². The Balaban J connectivity index is 2.15. The lowest BCUT2D eigenvalue weighted by Crippen LogP contribution is -2.31. The molecule has 92 valence electrons. The largest absolute Gasteiger partial charge is 0.0995 e. The molecule has 17 heavy (non-hydrogen) atoms. The second kappa shape index (κ2) is 4.97. The minimum absolute atomic E-state index is 0.405. The number of rotatable bonds is 2. The maximum absolute atomic E-state index is 4.30. The number of hydrogen-bond acceptors (Lipinski definition) is 0. The molecule has 0 heterocycles. The molecule has 0 aromatic heterocycles. The van der Waals surface area contributed by atoms with Crippen LogP contribution in [-0.2, 0) is 6.42 Å². The van der Waals surface area contributed by atoms with Gasteiger partial charge in [0, 0.05) is 4.47 Å². The first-order chi connectivity index (χ1) is 7.99. The summed E-state index contributed by atoms with van der Waals surface area (Å²) in [5, 5.41) is 0. The summed E-state index contributed by atoms with van der Waals surface area (Å²) in [6, 6.07) is 8.71. The topological polar surface area (TPSA) is 0 Å². The molecule has 1 aliphatic rings. The van der Waals surface area contributed by atoms with Crippen molar-refractivity contribution in [3.63, 3.8) is 0 Å². The van der Waals surface area contributed by atoms with Gasteiger partial charge in [0.25, 0.3) is 0 Å². The van der Waals surface area contributed by atoms with Gasteiger partial charge in [-0.1, -0.05) is 54.1 Å². The monoisotopic (exact) mass is 292 g/mol. The standard InChI is InChI=1S/C16H21Br/c1-12-5-4-10-16(2,3)15(12)11-13-6-8-14(17)9-7-13/h6-9,15H,1,4-5,10-11H2,2-3H3. The molecular weight excluding hydrogens is 272 g/mol. The van der Waals surface area contributed by atoms with E-state index in [0.717, 1.165) is 10.9 Å². The zero-order valence-electron chi connectivity index (χ0n) is 10.8. The van der Waals surface area contributed by atoms with Crippen molar-refractivity contribution in [1.82, 2.24) is 0 Å². The van der Waals surface area contributed by atoms with Crippen LogP contribution in [0, 0.1) is 11.3 Å². The number of benzene rings is 1. The summed E-state index contributed by atoms with van der Waals surface area (Å²) in [6.07, 6.45) is 4.99. The Morgan fingerprint density at radius 2 is 1.94 bits per heavy atom. The summed E-state index contributed by atoms with van der Waals surface area (Å²) in [7, 11) is 0. The highest BCUT2D eigenvalue weighted by Gasteiger charge is 2.34. The van der Waals surface area contributed by atoms with E-state index in [1.807, 2.05) is 0 Å². The molecule has 1 aromatic rings. The first-order valence-electron chi connectivity index (χ1n) is 6.41. The zero-order valence-corrected chi connectivity index (χ0v) is 12.4. The van der Waals surface area contributed by atoms with Gasteiger partial charge in [0.2, 0.25) is 0 Å². The Morgan fingerprint density at radius 3 is 2.53 bits per heavy atom. The molecule has 0 radical (unpaired) electrons. The Hall–Kier alpha value is -0.560. The van der Waals surface area contributed by atoms with Crippen LogP contribution in [0.25, 0.3) is 0 Å². The summed E-state index contributed by atoms with van der Waals surface area (Å²) in [5.41, 5.74) is 3.28. The minimum Gasteiger partial charge on any atom is -0.0995 e. The van der Waals surface area contributed by atoms with Gasteiger partial charge in [-0.3, -0.25) is 0 Å². The van der Waals surface area contributed by atoms with E-state index in [1.54, 1.807) is 0 Å². The van der Waals surface area contributed by atoms with Crippen molar-refractivity contribution in [3.8, 4) is 0 Å². The maximum atomic E-state index is 4.30. The van der Waals surface area contributed by atoms with E-state index < -0.39 is 0 Å². The molecule has 1 heteroatoms. The molecule has 0 spiro atoms. The minimum atomic E-state index is 0.405. The van der Waals surface area contributed by atoms with E-state index >= 15 is 0 Å². The quantitative estimate of drug-likeness (QED) is 0.643. The SMILES string of the molecule is C=C1CCCC(C)(C)C1Cc1ccc(Br)cc1. The molecule has 0 bridgehead atoms. The van der Waals surface area contributed by atoms with Gasteiger partial charge in [0.05, 0.1) is 0 Å². The number of halogens is 1. The predicted molar refractivity (Wildman–Crippen MR) is 78.1 cm³/mol. The van der Waals surface area contributed by atoms with Crippen LogP contribution < -0.4 is 0 Å². The van der Waals surface area contributed by atoms with E-state index in [4.69, 9.17) is 0 Å². The third-order valence-corrected chi connectivity index (χ3v) is 4.64. The van der Waals surface area contributed by atoms with Crippen LogP contribution in [0.2, 0.25) is 0 Å². The van der Waals surface area contributed by atoms with Crippen LogP contribution >= 0.6 is 15.9 Å². The van der Waals surface area contributed by atoms with Crippen LogP contribution in [0.15, 0.2) is 40.9 Å². The molecule has 0 aliphatic heterocycles. The maximum Gasteiger partial charge on any atom is 0.0175 e. The lowest BCUT2D eigenvalue weighted by Gasteiger charge is -2.40. The average molecular weight is 293 g/mol. The highest BCUT2D eigenvalue weighted by Crippen LogP contribution is 2.44. The summed E-state index contributed by atoms with van der Waals surface area (Å²) in [5.74, 6) is 0.637. The molecule has 0 N–H and O–H groups in total. The molecular formula is C16H21Br. The summed E-state index contributed by atoms with van der Waals surface area (Å²) in [6.45, 7) is 9.08. The molecule has 1 fully saturated rings. The number of hydrogen-bond donors (Lipinski definition) is 0. The van der Waals surface area contributed by atoms with Gasteiger partial charge < -0.3 is 0 Å². The van der Waals surface area contributed by atoms with Crippen molar-refractivity contribution >= 4 is 15.9 Å². The fourth-order valence-electron chi connectivity index (χ4n) is 2.95. The predicted octanol–water partition coefficient (Wildman–Crippen LogP) is 5.37. The van der Waals surface area contributed by atoms with Gasteiger partial charge in [-0.15, -0.1) is 0 Å². The highest BCUT2D eigenvalue weighted by atomic mass is 79.9. The second-order valence-electron chi connectivity index (χ2n) is 5.88. The van der Waals surface area contributed by atoms with Crippen molar-refractivity contribution < 1.29 is 0 Å². The first-order valence-corrected chi connectivity index (χ1v) is 7.20. The summed E-state index contributed by atoms with van der Waals surface area (Å²) in [4.78, 5) is 0. The number of allylic oxidation sites excluding steroid dienone is 1. The van der Waals surface area contributed by atoms with E-state index in [-0.39, 0.29) is 0 Å². The molecule has 1 saturated carbocycles. The van der Waals surface area contributed by atoms with Crippen LogP contribution in [0.3, 0.4) is 0 Å². The van der Waals surface area contributed by atoms with E-state index in [2.05, 4.69) is 60.6 Å². The van der Waals surface area contributed by atoms with Crippen LogP contribution in [0.5, 0.6) is 0 Å². The van der Waals surface area contributed by atoms with Gasteiger partial charge in [0.15, 0.2) is 0 Å². The molecule has 0 saturated heterocycles. The third kappa shape index (κ3) is 3.01. The molecule has 1 unspecified atom stereocenters. The second-order valence-corrected chi connectivity index (χ2v) is 6.80. The smallest absolute Gasteiger partial charge is 0.0175 e.